The van der Waals surface area contributed by atoms with Gasteiger partial charge in [0, 0.05) is 11.9 Å². The first-order valence-electron chi connectivity index (χ1n) is 6.17. The summed E-state index contributed by atoms with van der Waals surface area (Å²) in [6.45, 7) is 2.11. The second-order valence-corrected chi connectivity index (χ2v) is 4.67. The van der Waals surface area contributed by atoms with Crippen LogP contribution in [0.5, 0.6) is 6.01 Å². The van der Waals surface area contributed by atoms with Gasteiger partial charge in [0.15, 0.2) is 0 Å². The monoisotopic (exact) mass is 303 g/mol. The Labute approximate surface area is 127 Å². The van der Waals surface area contributed by atoms with E-state index in [4.69, 9.17) is 21.9 Å². The van der Waals surface area contributed by atoms with Gasteiger partial charge in [-0.15, -0.1) is 0 Å². The molecule has 1 aromatic carbocycles. The minimum atomic E-state index is 0.0873. The minimum Gasteiger partial charge on any atom is -0.457 e. The number of hydrogen-bond donors (Lipinski definition) is 2. The summed E-state index contributed by atoms with van der Waals surface area (Å²) in [4.78, 5) is 7.79. The molecule has 0 saturated heterocycles. The highest BCUT2D eigenvalue weighted by atomic mass is 35.5. The van der Waals surface area contributed by atoms with Crippen LogP contribution in [0.15, 0.2) is 53.7 Å². The molecule has 7 heteroatoms. The van der Waals surface area contributed by atoms with Gasteiger partial charge >= 0.3 is 6.01 Å². The van der Waals surface area contributed by atoms with Crippen LogP contribution in [-0.2, 0) is 0 Å². The number of halogens is 1. The zero-order chi connectivity index (χ0) is 15.1. The van der Waals surface area contributed by atoms with Crippen molar-refractivity contribution in [2.75, 3.05) is 11.9 Å². The molecule has 2 aromatic rings. The van der Waals surface area contributed by atoms with Gasteiger partial charge < -0.3 is 10.1 Å². The van der Waals surface area contributed by atoms with Crippen LogP contribution in [0.2, 0.25) is 5.02 Å². The van der Waals surface area contributed by atoms with Crippen LogP contribution < -0.4 is 10.1 Å². The predicted octanol–water partition coefficient (Wildman–Crippen LogP) is 3.80. The smallest absolute Gasteiger partial charge is 0.316 e. The summed E-state index contributed by atoms with van der Waals surface area (Å²) in [6, 6.07) is 8.05. The Morgan fingerprint density at radius 3 is 2.62 bits per heavy atom. The lowest BCUT2D eigenvalue weighted by Gasteiger charge is -2.05. The van der Waals surface area contributed by atoms with Gasteiger partial charge in [0.1, 0.15) is 12.3 Å². The second-order valence-electron chi connectivity index (χ2n) is 4.23. The maximum absolute atomic E-state index is 7.13. The molecule has 0 aliphatic rings. The molecule has 0 fully saturated rings. The molecule has 1 aromatic heterocycles. The largest absolute Gasteiger partial charge is 0.457 e. The fourth-order valence-corrected chi connectivity index (χ4v) is 1.53. The fourth-order valence-electron chi connectivity index (χ4n) is 1.44. The molecular weight excluding hydrogens is 290 g/mol. The molecule has 0 aliphatic heterocycles. The van der Waals surface area contributed by atoms with Crippen LogP contribution in [0.1, 0.15) is 5.56 Å². The lowest BCUT2D eigenvalue weighted by Crippen LogP contribution is -2.04. The zero-order valence-corrected chi connectivity index (χ0v) is 12.1. The van der Waals surface area contributed by atoms with Crippen molar-refractivity contribution in [1.29, 1.82) is 5.53 Å². The van der Waals surface area contributed by atoms with Crippen LogP contribution in [0.4, 0.5) is 5.69 Å². The maximum atomic E-state index is 7.13. The number of hydrogen-bond acceptors (Lipinski definition) is 6. The van der Waals surface area contributed by atoms with Crippen molar-refractivity contribution < 1.29 is 4.74 Å². The first-order valence-corrected chi connectivity index (χ1v) is 6.55. The van der Waals surface area contributed by atoms with E-state index in [9.17, 15) is 0 Å². The van der Waals surface area contributed by atoms with E-state index in [1.807, 2.05) is 31.2 Å². The maximum Gasteiger partial charge on any atom is 0.316 e. The van der Waals surface area contributed by atoms with E-state index < -0.39 is 0 Å². The fraction of sp³-hybridized carbons (Fsp3) is 0.143. The number of aromatic nitrogens is 2. The molecule has 0 spiro atoms. The normalized spacial score (nSPS) is 11.0. The molecule has 0 radical (unpaired) electrons. The molecule has 0 atom stereocenters. The molecule has 1 heterocycles. The van der Waals surface area contributed by atoms with Crippen molar-refractivity contribution in [1.82, 2.24) is 9.97 Å². The van der Waals surface area contributed by atoms with Crippen LogP contribution >= 0.6 is 11.6 Å². The summed E-state index contributed by atoms with van der Waals surface area (Å²) in [6.07, 6.45) is 4.49. The Balaban J connectivity index is 1.92. The van der Waals surface area contributed by atoms with Gasteiger partial charge in [-0.25, -0.2) is 15.5 Å². The van der Waals surface area contributed by atoms with Crippen molar-refractivity contribution in [3.05, 3.63) is 59.1 Å². The Morgan fingerprint density at radius 2 is 2.00 bits per heavy atom. The van der Waals surface area contributed by atoms with E-state index in [-0.39, 0.29) is 12.6 Å². The summed E-state index contributed by atoms with van der Waals surface area (Å²) >= 11 is 5.68. The number of rotatable bonds is 6. The predicted molar refractivity (Wildman–Crippen MR) is 80.6 cm³/mol. The molecule has 0 aliphatic carbocycles. The summed E-state index contributed by atoms with van der Waals surface area (Å²) < 4.78 is 5.32. The van der Waals surface area contributed by atoms with Crippen LogP contribution in [0, 0.1) is 12.5 Å². The Hall–Kier alpha value is -2.47. The third-order valence-corrected chi connectivity index (χ3v) is 2.74. The van der Waals surface area contributed by atoms with Gasteiger partial charge in [-0.1, -0.05) is 29.3 Å². The van der Waals surface area contributed by atoms with Crippen LogP contribution in [-0.4, -0.2) is 16.6 Å². The van der Waals surface area contributed by atoms with Crippen molar-refractivity contribution >= 4 is 17.3 Å². The van der Waals surface area contributed by atoms with E-state index in [0.717, 1.165) is 5.69 Å². The molecule has 108 valence electrons. The number of benzene rings is 1. The summed E-state index contributed by atoms with van der Waals surface area (Å²) in [5.74, 6) is 0. The number of nitrogens with one attached hydrogen (secondary N) is 2. The van der Waals surface area contributed by atoms with Gasteiger partial charge in [0.25, 0.3) is 0 Å². The number of aryl methyl sites for hydroxylation is 1. The van der Waals surface area contributed by atoms with E-state index in [2.05, 4.69) is 20.4 Å². The molecule has 21 heavy (non-hydrogen) atoms. The lowest BCUT2D eigenvalue weighted by molar-refractivity contribution is 0.320. The van der Waals surface area contributed by atoms with E-state index in [1.54, 1.807) is 6.20 Å². The van der Waals surface area contributed by atoms with Crippen molar-refractivity contribution in [3.8, 4) is 6.01 Å². The summed E-state index contributed by atoms with van der Waals surface area (Å²) in [7, 11) is 0. The SMILES string of the molecule is Cc1ccc(N/C=C(/COc2ncc(Cl)cn2)N=N)cc1. The van der Waals surface area contributed by atoms with Crippen molar-refractivity contribution in [2.24, 2.45) is 5.11 Å². The van der Waals surface area contributed by atoms with Gasteiger partial charge in [-0.2, -0.15) is 5.11 Å². The zero-order valence-electron chi connectivity index (χ0n) is 11.4. The van der Waals surface area contributed by atoms with E-state index in [0.29, 0.717) is 10.7 Å². The highest BCUT2D eigenvalue weighted by molar-refractivity contribution is 6.30. The third kappa shape index (κ3) is 4.85. The number of nitrogens with zero attached hydrogens (tertiary/aromatic N) is 3. The molecule has 2 N–H and O–H groups in total. The molecule has 2 rings (SSSR count). The average molecular weight is 304 g/mol. The van der Waals surface area contributed by atoms with Gasteiger partial charge in [-0.05, 0) is 19.1 Å². The molecular formula is C14H14ClN5O. The first kappa shape index (κ1) is 14.9. The Morgan fingerprint density at radius 1 is 1.33 bits per heavy atom. The Kier molecular flexibility index (Phi) is 5.22. The highest BCUT2D eigenvalue weighted by Crippen LogP contribution is 2.11. The van der Waals surface area contributed by atoms with Gasteiger partial charge in [0.2, 0.25) is 0 Å². The quantitative estimate of drug-likeness (QED) is 0.795. The standard InChI is InChI=1S/C14H14ClN5O/c1-10-2-4-12(5-3-10)17-8-13(20-16)9-21-14-18-6-11(15)7-19-14/h2-8,16-17H,9H2,1H3/b13-8-,20-16?. The summed E-state index contributed by atoms with van der Waals surface area (Å²) in [5, 5.41) is 6.88. The molecule has 0 unspecified atom stereocenters. The van der Waals surface area contributed by atoms with Gasteiger partial charge in [0.05, 0.1) is 17.4 Å². The van der Waals surface area contributed by atoms with Crippen LogP contribution in [0.3, 0.4) is 0 Å². The molecule has 0 bridgehead atoms. The number of anilines is 1. The van der Waals surface area contributed by atoms with E-state index in [1.165, 1.54) is 18.0 Å². The molecule has 6 nitrogen and oxygen atoms in total. The minimum absolute atomic E-state index is 0.0873. The average Bonchev–Trinajstić information content (AvgIpc) is 2.51. The van der Waals surface area contributed by atoms with Crippen molar-refractivity contribution in [3.63, 3.8) is 0 Å². The number of ether oxygens (including phenoxy) is 1. The highest BCUT2D eigenvalue weighted by Gasteiger charge is 2.01. The third-order valence-electron chi connectivity index (χ3n) is 2.55. The van der Waals surface area contributed by atoms with Gasteiger partial charge in [-0.3, -0.25) is 0 Å². The van der Waals surface area contributed by atoms with Crippen molar-refractivity contribution in [2.45, 2.75) is 6.92 Å². The lowest BCUT2D eigenvalue weighted by atomic mass is 10.2. The first-order chi connectivity index (χ1) is 10.2. The van der Waals surface area contributed by atoms with E-state index >= 15 is 0 Å². The Bertz CT molecular complexity index is 625. The molecule has 0 amide bonds. The van der Waals surface area contributed by atoms with Crippen LogP contribution in [0.25, 0.3) is 0 Å². The second kappa shape index (κ2) is 7.35. The summed E-state index contributed by atoms with van der Waals surface area (Å²) in [5.41, 5.74) is 9.63. The molecule has 0 saturated carbocycles. The topological polar surface area (TPSA) is 83.2 Å².